The third kappa shape index (κ3) is 5.81. The summed E-state index contributed by atoms with van der Waals surface area (Å²) in [5.41, 5.74) is 1.19. The van der Waals surface area contributed by atoms with Gasteiger partial charge in [-0.1, -0.05) is 19.4 Å². The summed E-state index contributed by atoms with van der Waals surface area (Å²) >= 11 is 0. The zero-order valence-electron chi connectivity index (χ0n) is 15.2. The summed E-state index contributed by atoms with van der Waals surface area (Å²) < 4.78 is 16.4. The number of hydrogen-bond donors (Lipinski definition) is 1. The predicted molar refractivity (Wildman–Crippen MR) is 98.8 cm³/mol. The molecule has 6 nitrogen and oxygen atoms in total. The van der Waals surface area contributed by atoms with Crippen LogP contribution in [0.4, 0.5) is 5.82 Å². The lowest BCUT2D eigenvalue weighted by Gasteiger charge is -2.12. The summed E-state index contributed by atoms with van der Waals surface area (Å²) in [5.74, 6) is 2.95. The maximum absolute atomic E-state index is 5.85. The molecular formula is C19H27N3O3. The Bertz CT molecular complexity index is 650. The fourth-order valence-corrected chi connectivity index (χ4v) is 2.43. The number of aryl methyl sites for hydroxylation is 1. The number of anilines is 1. The van der Waals surface area contributed by atoms with E-state index in [1.807, 2.05) is 18.2 Å². The van der Waals surface area contributed by atoms with Gasteiger partial charge in [0.05, 0.1) is 27.0 Å². The molecule has 0 aliphatic heterocycles. The molecule has 0 fully saturated rings. The lowest BCUT2D eigenvalue weighted by atomic mass is 10.1. The zero-order valence-corrected chi connectivity index (χ0v) is 15.2. The van der Waals surface area contributed by atoms with Crippen LogP contribution in [0.15, 0.2) is 30.7 Å². The summed E-state index contributed by atoms with van der Waals surface area (Å²) in [6.45, 7) is 3.65. The Morgan fingerprint density at radius 1 is 1.04 bits per heavy atom. The molecule has 1 aromatic heterocycles. The van der Waals surface area contributed by atoms with E-state index in [9.17, 15) is 0 Å². The molecule has 25 heavy (non-hydrogen) atoms. The lowest BCUT2D eigenvalue weighted by Crippen LogP contribution is -2.07. The van der Waals surface area contributed by atoms with E-state index in [0.29, 0.717) is 12.4 Å². The van der Waals surface area contributed by atoms with E-state index in [1.54, 1.807) is 20.4 Å². The number of rotatable bonds is 11. The second-order valence-electron chi connectivity index (χ2n) is 5.66. The molecule has 0 atom stereocenters. The molecule has 1 aromatic carbocycles. The second-order valence-corrected chi connectivity index (χ2v) is 5.66. The van der Waals surface area contributed by atoms with Crippen molar-refractivity contribution in [2.75, 3.05) is 32.7 Å². The van der Waals surface area contributed by atoms with Crippen LogP contribution in [0.1, 0.15) is 31.7 Å². The summed E-state index contributed by atoms with van der Waals surface area (Å²) in [6.07, 6.45) is 7.26. The normalized spacial score (nSPS) is 10.4. The van der Waals surface area contributed by atoms with Gasteiger partial charge in [-0.2, -0.15) is 0 Å². The number of benzene rings is 1. The van der Waals surface area contributed by atoms with Crippen LogP contribution in [-0.2, 0) is 6.42 Å². The Labute approximate surface area is 149 Å². The maximum atomic E-state index is 5.85. The third-order valence-electron chi connectivity index (χ3n) is 3.82. The van der Waals surface area contributed by atoms with Crippen molar-refractivity contribution in [2.24, 2.45) is 0 Å². The highest BCUT2D eigenvalue weighted by molar-refractivity contribution is 5.47. The summed E-state index contributed by atoms with van der Waals surface area (Å²) in [4.78, 5) is 8.30. The van der Waals surface area contributed by atoms with Crippen molar-refractivity contribution in [1.82, 2.24) is 9.97 Å². The van der Waals surface area contributed by atoms with Crippen LogP contribution >= 0.6 is 0 Å². The van der Waals surface area contributed by atoms with Gasteiger partial charge in [0.1, 0.15) is 6.33 Å². The first-order chi connectivity index (χ1) is 12.3. The molecule has 0 unspecified atom stereocenters. The number of ether oxygens (including phenoxy) is 3. The fraction of sp³-hybridized carbons (Fsp3) is 0.474. The number of methoxy groups -OCH3 is 2. The van der Waals surface area contributed by atoms with Crippen LogP contribution in [0.3, 0.4) is 0 Å². The molecule has 0 spiro atoms. The fourth-order valence-electron chi connectivity index (χ4n) is 2.43. The van der Waals surface area contributed by atoms with Gasteiger partial charge in [0.15, 0.2) is 23.1 Å². The highest BCUT2D eigenvalue weighted by Crippen LogP contribution is 2.28. The van der Waals surface area contributed by atoms with E-state index in [4.69, 9.17) is 14.2 Å². The minimum atomic E-state index is 0.601. The first-order valence-corrected chi connectivity index (χ1v) is 8.66. The number of aromatic nitrogens is 2. The standard InChI is InChI=1S/C19H27N3O3/c1-4-5-10-21-19-18(13-20-14-22-19)25-11-6-7-15-8-9-16(23-2)17(12-15)24-3/h8-9,12-14H,4-7,10-11H2,1-3H3,(H,20,21,22). The van der Waals surface area contributed by atoms with Crippen LogP contribution in [-0.4, -0.2) is 37.3 Å². The SMILES string of the molecule is CCCCNc1ncncc1OCCCc1ccc(OC)c(OC)c1. The third-order valence-corrected chi connectivity index (χ3v) is 3.82. The summed E-state index contributed by atoms with van der Waals surface area (Å²) in [5, 5.41) is 3.29. The molecule has 0 radical (unpaired) electrons. The van der Waals surface area contributed by atoms with Crippen molar-refractivity contribution in [3.63, 3.8) is 0 Å². The van der Waals surface area contributed by atoms with Crippen molar-refractivity contribution in [1.29, 1.82) is 0 Å². The quantitative estimate of drug-likeness (QED) is 0.626. The van der Waals surface area contributed by atoms with E-state index in [0.717, 1.165) is 49.5 Å². The Kier molecular flexibility index (Phi) is 7.82. The van der Waals surface area contributed by atoms with E-state index in [2.05, 4.69) is 22.2 Å². The smallest absolute Gasteiger partial charge is 0.179 e. The molecule has 136 valence electrons. The van der Waals surface area contributed by atoms with Crippen molar-refractivity contribution < 1.29 is 14.2 Å². The monoisotopic (exact) mass is 345 g/mol. The first kappa shape index (κ1) is 18.8. The van der Waals surface area contributed by atoms with E-state index in [-0.39, 0.29) is 0 Å². The first-order valence-electron chi connectivity index (χ1n) is 8.66. The van der Waals surface area contributed by atoms with Gasteiger partial charge in [0.25, 0.3) is 0 Å². The van der Waals surface area contributed by atoms with Crippen LogP contribution in [0.2, 0.25) is 0 Å². The number of hydrogen-bond acceptors (Lipinski definition) is 6. The molecule has 6 heteroatoms. The zero-order chi connectivity index (χ0) is 17.9. The van der Waals surface area contributed by atoms with Crippen molar-refractivity contribution in [3.05, 3.63) is 36.3 Å². The van der Waals surface area contributed by atoms with Gasteiger partial charge >= 0.3 is 0 Å². The molecule has 0 amide bonds. The van der Waals surface area contributed by atoms with Gasteiger partial charge in [-0.05, 0) is 37.0 Å². The Morgan fingerprint density at radius 2 is 1.88 bits per heavy atom. The summed E-state index contributed by atoms with van der Waals surface area (Å²) in [6, 6.07) is 5.97. The molecule has 2 aromatic rings. The molecule has 1 N–H and O–H groups in total. The Morgan fingerprint density at radius 3 is 2.64 bits per heavy atom. The van der Waals surface area contributed by atoms with Crippen LogP contribution < -0.4 is 19.5 Å². The number of nitrogens with one attached hydrogen (secondary N) is 1. The van der Waals surface area contributed by atoms with Gasteiger partial charge in [-0.15, -0.1) is 0 Å². The average Bonchev–Trinajstić information content (AvgIpc) is 2.66. The van der Waals surface area contributed by atoms with Gasteiger partial charge in [-0.25, -0.2) is 9.97 Å². The van der Waals surface area contributed by atoms with Gasteiger partial charge in [-0.3, -0.25) is 0 Å². The van der Waals surface area contributed by atoms with Crippen LogP contribution in [0.5, 0.6) is 17.2 Å². The predicted octanol–water partition coefficient (Wildman–Crippen LogP) is 3.72. The van der Waals surface area contributed by atoms with Crippen molar-refractivity contribution in [2.45, 2.75) is 32.6 Å². The molecule has 0 aliphatic rings. The van der Waals surface area contributed by atoms with Gasteiger partial charge < -0.3 is 19.5 Å². The van der Waals surface area contributed by atoms with Gasteiger partial charge in [0.2, 0.25) is 0 Å². The highest BCUT2D eigenvalue weighted by atomic mass is 16.5. The van der Waals surface area contributed by atoms with E-state index in [1.165, 1.54) is 11.9 Å². The van der Waals surface area contributed by atoms with Crippen molar-refractivity contribution >= 4 is 5.82 Å². The maximum Gasteiger partial charge on any atom is 0.179 e. The molecule has 0 saturated carbocycles. The van der Waals surface area contributed by atoms with E-state index < -0.39 is 0 Å². The molecule has 0 aliphatic carbocycles. The number of nitrogens with zero attached hydrogens (tertiary/aromatic N) is 2. The average molecular weight is 345 g/mol. The Hall–Kier alpha value is -2.50. The topological polar surface area (TPSA) is 65.5 Å². The molecule has 0 saturated heterocycles. The molecule has 0 bridgehead atoms. The second kappa shape index (κ2) is 10.4. The largest absolute Gasteiger partial charge is 0.493 e. The summed E-state index contributed by atoms with van der Waals surface area (Å²) in [7, 11) is 3.28. The molecule has 1 heterocycles. The minimum absolute atomic E-state index is 0.601. The van der Waals surface area contributed by atoms with Crippen molar-refractivity contribution in [3.8, 4) is 17.2 Å². The van der Waals surface area contributed by atoms with Crippen LogP contribution in [0, 0.1) is 0 Å². The molecular weight excluding hydrogens is 318 g/mol. The van der Waals surface area contributed by atoms with Gasteiger partial charge in [0, 0.05) is 6.54 Å². The number of unbranched alkanes of at least 4 members (excludes halogenated alkanes) is 1. The van der Waals surface area contributed by atoms with Crippen LogP contribution in [0.25, 0.3) is 0 Å². The van der Waals surface area contributed by atoms with E-state index >= 15 is 0 Å². The lowest BCUT2D eigenvalue weighted by molar-refractivity contribution is 0.309. The minimum Gasteiger partial charge on any atom is -0.493 e. The Balaban J connectivity index is 1.83. The molecule has 2 rings (SSSR count). The highest BCUT2D eigenvalue weighted by Gasteiger charge is 2.06.